The Hall–Kier alpha value is -2.86. The molecular formula is C24H24BrN3O2. The van der Waals surface area contributed by atoms with Gasteiger partial charge in [-0.15, -0.1) is 0 Å². The summed E-state index contributed by atoms with van der Waals surface area (Å²) in [5, 5.41) is 7.61. The highest BCUT2D eigenvalue weighted by atomic mass is 79.9. The maximum atomic E-state index is 12.9. The largest absolute Gasteiger partial charge is 0.455 e. The Bertz CT molecular complexity index is 1100. The first-order chi connectivity index (χ1) is 14.3. The molecule has 0 aliphatic heterocycles. The number of nitrogens with zero attached hydrogens (tertiary/aromatic N) is 1. The summed E-state index contributed by atoms with van der Waals surface area (Å²) in [6, 6.07) is 17.3. The summed E-state index contributed by atoms with van der Waals surface area (Å²) in [6.07, 6.45) is 1.56. The molecule has 1 amide bonds. The Kier molecular flexibility index (Phi) is 5.52. The molecule has 0 bridgehead atoms. The van der Waals surface area contributed by atoms with Gasteiger partial charge in [0.05, 0.1) is 11.4 Å². The number of carbonyl (C=O) groups excluding carboxylic acids is 1. The lowest BCUT2D eigenvalue weighted by Gasteiger charge is -2.29. The number of benzene rings is 2. The van der Waals surface area contributed by atoms with E-state index in [1.54, 1.807) is 0 Å². The van der Waals surface area contributed by atoms with Crippen molar-refractivity contribution in [3.05, 3.63) is 81.7 Å². The van der Waals surface area contributed by atoms with Gasteiger partial charge in [0.1, 0.15) is 5.76 Å². The lowest BCUT2D eigenvalue weighted by molar-refractivity contribution is 0.0993. The quantitative estimate of drug-likeness (QED) is 0.438. The summed E-state index contributed by atoms with van der Waals surface area (Å²) in [6.45, 7) is 6.30. The van der Waals surface area contributed by atoms with Crippen LogP contribution in [0.25, 0.3) is 0 Å². The Morgan fingerprint density at radius 1 is 1.03 bits per heavy atom. The number of hydrogen-bond acceptors (Lipinski definition) is 4. The van der Waals surface area contributed by atoms with Gasteiger partial charge in [-0.25, -0.2) is 0 Å². The number of para-hydroxylation sites is 1. The van der Waals surface area contributed by atoms with Crippen LogP contribution in [0, 0.1) is 12.3 Å². The summed E-state index contributed by atoms with van der Waals surface area (Å²) >= 11 is 3.41. The average molecular weight is 466 g/mol. The van der Waals surface area contributed by atoms with Crippen molar-refractivity contribution in [3.8, 4) is 0 Å². The van der Waals surface area contributed by atoms with Crippen molar-refractivity contribution in [2.75, 3.05) is 10.7 Å². The third-order valence-electron chi connectivity index (χ3n) is 5.20. The highest BCUT2D eigenvalue weighted by molar-refractivity contribution is 9.10. The highest BCUT2D eigenvalue weighted by Crippen LogP contribution is 2.39. The molecule has 0 unspecified atom stereocenters. The van der Waals surface area contributed by atoms with E-state index in [1.807, 2.05) is 61.5 Å². The van der Waals surface area contributed by atoms with Gasteiger partial charge >= 0.3 is 0 Å². The topological polar surface area (TPSA) is 66.6 Å². The van der Waals surface area contributed by atoms with E-state index in [0.29, 0.717) is 5.76 Å². The fourth-order valence-electron chi connectivity index (χ4n) is 3.79. The lowest BCUT2D eigenvalue weighted by Crippen LogP contribution is -2.27. The van der Waals surface area contributed by atoms with E-state index < -0.39 is 0 Å². The number of rotatable bonds is 4. The lowest BCUT2D eigenvalue weighted by atomic mass is 9.75. The Morgan fingerprint density at radius 3 is 2.43 bits per heavy atom. The molecule has 0 spiro atoms. The van der Waals surface area contributed by atoms with E-state index in [0.717, 1.165) is 51.3 Å². The Labute approximate surface area is 184 Å². The predicted octanol–water partition coefficient (Wildman–Crippen LogP) is 6.39. The minimum absolute atomic E-state index is 0.00600. The molecule has 1 aliphatic rings. The van der Waals surface area contributed by atoms with Crippen LogP contribution in [0.15, 0.2) is 68.6 Å². The molecule has 154 valence electrons. The van der Waals surface area contributed by atoms with E-state index in [9.17, 15) is 4.79 Å². The van der Waals surface area contributed by atoms with Gasteiger partial charge in [-0.2, -0.15) is 5.10 Å². The van der Waals surface area contributed by atoms with Crippen molar-refractivity contribution in [1.29, 1.82) is 0 Å². The molecule has 30 heavy (non-hydrogen) atoms. The number of hydrogen-bond donors (Lipinski definition) is 2. The van der Waals surface area contributed by atoms with Gasteiger partial charge in [-0.3, -0.25) is 10.2 Å². The van der Waals surface area contributed by atoms with Crippen molar-refractivity contribution in [2.24, 2.45) is 10.5 Å². The number of nitrogens with one attached hydrogen (secondary N) is 2. The maximum absolute atomic E-state index is 12.9. The summed E-state index contributed by atoms with van der Waals surface area (Å²) in [5.41, 5.74) is 7.46. The fraction of sp³-hybridized carbons (Fsp3) is 0.250. The second kappa shape index (κ2) is 8.11. The third-order valence-corrected chi connectivity index (χ3v) is 5.72. The van der Waals surface area contributed by atoms with E-state index in [1.165, 1.54) is 0 Å². The SMILES string of the molecule is Cc1c(C(=O)Nc2ccc(Br)cc2)oc2c1/C(=N\Nc1ccccc1)CC(C)(C)C2. The molecule has 0 saturated heterocycles. The van der Waals surface area contributed by atoms with E-state index in [-0.39, 0.29) is 11.3 Å². The number of halogens is 1. The number of fused-ring (bicyclic) bond motifs is 1. The van der Waals surface area contributed by atoms with Crippen molar-refractivity contribution < 1.29 is 9.21 Å². The van der Waals surface area contributed by atoms with Gasteiger partial charge in [0.15, 0.2) is 5.76 Å². The van der Waals surface area contributed by atoms with Crippen LogP contribution in [0.5, 0.6) is 0 Å². The van der Waals surface area contributed by atoms with Crippen LogP contribution >= 0.6 is 15.9 Å². The zero-order chi connectivity index (χ0) is 21.3. The number of anilines is 2. The zero-order valence-electron chi connectivity index (χ0n) is 17.3. The van der Waals surface area contributed by atoms with Crippen molar-refractivity contribution in [3.63, 3.8) is 0 Å². The zero-order valence-corrected chi connectivity index (χ0v) is 18.8. The van der Waals surface area contributed by atoms with Gasteiger partial charge < -0.3 is 9.73 Å². The first-order valence-electron chi connectivity index (χ1n) is 9.89. The minimum Gasteiger partial charge on any atom is -0.455 e. The van der Waals surface area contributed by atoms with Gasteiger partial charge in [-0.1, -0.05) is 48.0 Å². The molecule has 4 rings (SSSR count). The smallest absolute Gasteiger partial charge is 0.291 e. The number of carbonyl (C=O) groups is 1. The van der Waals surface area contributed by atoms with Gasteiger partial charge in [-0.05, 0) is 55.2 Å². The van der Waals surface area contributed by atoms with Crippen LogP contribution in [0.2, 0.25) is 0 Å². The number of amides is 1. The molecule has 0 atom stereocenters. The summed E-state index contributed by atoms with van der Waals surface area (Å²) < 4.78 is 7.04. The van der Waals surface area contributed by atoms with Gasteiger partial charge in [0.2, 0.25) is 0 Å². The highest BCUT2D eigenvalue weighted by Gasteiger charge is 2.36. The second-order valence-corrected chi connectivity index (χ2v) is 9.29. The van der Waals surface area contributed by atoms with Crippen molar-refractivity contribution in [2.45, 2.75) is 33.6 Å². The van der Waals surface area contributed by atoms with Crippen LogP contribution in [0.4, 0.5) is 11.4 Å². The fourth-order valence-corrected chi connectivity index (χ4v) is 4.06. The third kappa shape index (κ3) is 4.33. The van der Waals surface area contributed by atoms with Crippen LogP contribution in [0.3, 0.4) is 0 Å². The van der Waals surface area contributed by atoms with Gasteiger partial charge in [0, 0.05) is 27.7 Å². The van der Waals surface area contributed by atoms with Crippen LogP contribution in [-0.2, 0) is 6.42 Å². The van der Waals surface area contributed by atoms with Crippen molar-refractivity contribution >= 4 is 38.9 Å². The van der Waals surface area contributed by atoms with Crippen LogP contribution < -0.4 is 10.7 Å². The Morgan fingerprint density at radius 2 is 1.73 bits per heavy atom. The number of furan rings is 1. The average Bonchev–Trinajstić information content (AvgIpc) is 3.04. The summed E-state index contributed by atoms with van der Waals surface area (Å²) in [7, 11) is 0. The van der Waals surface area contributed by atoms with Gasteiger partial charge in [0.25, 0.3) is 5.91 Å². The predicted molar refractivity (Wildman–Crippen MR) is 124 cm³/mol. The normalized spacial score (nSPS) is 16.2. The second-order valence-electron chi connectivity index (χ2n) is 8.37. The molecule has 2 N–H and O–H groups in total. The molecule has 2 aromatic carbocycles. The first kappa shape index (κ1) is 20.4. The standard InChI is InChI=1S/C24H24BrN3O2/c1-15-21-19(28-27-18-7-5-4-6-8-18)13-24(2,3)14-20(21)30-22(15)23(29)26-17-11-9-16(25)10-12-17/h4-12,27H,13-14H2,1-3H3,(H,26,29)/b28-19-. The number of hydrazone groups is 1. The van der Waals surface area contributed by atoms with Crippen LogP contribution in [0.1, 0.15) is 47.7 Å². The molecule has 5 nitrogen and oxygen atoms in total. The maximum Gasteiger partial charge on any atom is 0.291 e. The molecule has 0 saturated carbocycles. The molecule has 6 heteroatoms. The molecule has 1 aromatic heterocycles. The van der Waals surface area contributed by atoms with Crippen LogP contribution in [-0.4, -0.2) is 11.6 Å². The van der Waals surface area contributed by atoms with E-state index in [4.69, 9.17) is 4.42 Å². The molecule has 1 aliphatic carbocycles. The summed E-state index contributed by atoms with van der Waals surface area (Å²) in [5.74, 6) is 0.906. The molecule has 0 radical (unpaired) electrons. The van der Waals surface area contributed by atoms with Crippen molar-refractivity contribution in [1.82, 2.24) is 0 Å². The molecular weight excluding hydrogens is 442 g/mol. The van der Waals surface area contributed by atoms with E-state index >= 15 is 0 Å². The Balaban J connectivity index is 1.66. The summed E-state index contributed by atoms with van der Waals surface area (Å²) in [4.78, 5) is 12.9. The first-order valence-corrected chi connectivity index (χ1v) is 10.7. The molecule has 3 aromatic rings. The monoisotopic (exact) mass is 465 g/mol. The molecule has 0 fully saturated rings. The molecule has 1 heterocycles. The minimum atomic E-state index is -0.252. The van der Waals surface area contributed by atoms with E-state index in [2.05, 4.69) is 45.6 Å².